The van der Waals surface area contributed by atoms with Gasteiger partial charge in [-0.3, -0.25) is 9.59 Å². The molecule has 0 aliphatic carbocycles. The van der Waals surface area contributed by atoms with Crippen LogP contribution in [-0.4, -0.2) is 79.9 Å². The Morgan fingerprint density at radius 3 is 2.48 bits per heavy atom. The summed E-state index contributed by atoms with van der Waals surface area (Å²) in [7, 11) is -2.61. The van der Waals surface area contributed by atoms with Crippen molar-refractivity contribution >= 4 is 33.4 Å². The number of carbonyl (C=O) groups is 2. The smallest absolute Gasteiger partial charge is 0.282 e. The van der Waals surface area contributed by atoms with E-state index < -0.39 is 58.6 Å². The Bertz CT molecular complexity index is 1480. The summed E-state index contributed by atoms with van der Waals surface area (Å²) in [5, 5.41) is 2.85. The number of hydrogen-bond donors (Lipinski definition) is 1. The highest BCUT2D eigenvalue weighted by Gasteiger charge is 2.48. The molecule has 2 heterocycles. The normalized spacial score (nSPS) is 23.4. The highest BCUT2D eigenvalue weighted by molar-refractivity contribution is 7.89. The number of amides is 2. The molecule has 2 aromatic carbocycles. The van der Waals surface area contributed by atoms with Gasteiger partial charge in [0.15, 0.2) is 5.67 Å². The Labute approximate surface area is 248 Å². The molecule has 2 saturated heterocycles. The number of alkyl halides is 3. The third-order valence-corrected chi connectivity index (χ3v) is 9.80. The van der Waals surface area contributed by atoms with Crippen molar-refractivity contribution in [2.75, 3.05) is 26.7 Å². The number of sulfonamides is 1. The predicted molar refractivity (Wildman–Crippen MR) is 152 cm³/mol. The molecule has 2 aliphatic rings. The van der Waals surface area contributed by atoms with Crippen LogP contribution in [0.1, 0.15) is 32.3 Å². The number of nitrogens with one attached hydrogen (secondary N) is 1. The standard InChI is InChI=1S/C29H33ClF3N3O5S/c1-19(8-11-26(37)35-17-29(32,33)18-35)34-27(38)28(31)12-13-36(20(2)15-28)42(39,40)25-10-9-21(16-41-3)14-23(25)22-6-4-5-7-24(22)30/h4-11,14,19-20H,12-13,15-18H2,1-3H3,(H,34,38)/b11-8+/t19-,20-,28+/m1/s1. The molecule has 2 aromatic rings. The Balaban J connectivity index is 1.48. The lowest BCUT2D eigenvalue weighted by Gasteiger charge is -2.40. The van der Waals surface area contributed by atoms with Gasteiger partial charge < -0.3 is 15.0 Å². The van der Waals surface area contributed by atoms with Gasteiger partial charge in [0.1, 0.15) is 0 Å². The minimum atomic E-state index is -4.14. The molecule has 2 fully saturated rings. The number of hydrogen-bond acceptors (Lipinski definition) is 5. The summed E-state index contributed by atoms with van der Waals surface area (Å²) in [6.45, 7) is 1.73. The van der Waals surface area contributed by atoms with Crippen LogP contribution in [0.4, 0.5) is 13.2 Å². The number of likely N-dealkylation sites (tertiary alicyclic amines) is 1. The van der Waals surface area contributed by atoms with E-state index in [1.54, 1.807) is 36.4 Å². The molecule has 0 spiro atoms. The van der Waals surface area contributed by atoms with E-state index in [0.29, 0.717) is 16.1 Å². The van der Waals surface area contributed by atoms with E-state index in [-0.39, 0.29) is 30.9 Å². The number of benzene rings is 2. The molecular weight excluding hydrogens is 595 g/mol. The third-order valence-electron chi connectivity index (χ3n) is 7.39. The lowest BCUT2D eigenvalue weighted by molar-refractivity contribution is -0.160. The summed E-state index contributed by atoms with van der Waals surface area (Å²) in [6.07, 6.45) is 1.59. The summed E-state index contributed by atoms with van der Waals surface area (Å²) in [5.74, 6) is -4.46. The largest absolute Gasteiger partial charge is 0.380 e. The molecule has 4 rings (SSSR count). The number of rotatable bonds is 9. The van der Waals surface area contributed by atoms with Crippen molar-refractivity contribution in [1.82, 2.24) is 14.5 Å². The van der Waals surface area contributed by atoms with Crippen molar-refractivity contribution in [3.8, 4) is 11.1 Å². The maximum Gasteiger partial charge on any atom is 0.282 e. The number of methoxy groups -OCH3 is 1. The van der Waals surface area contributed by atoms with Crippen LogP contribution in [0.3, 0.4) is 0 Å². The fraction of sp³-hybridized carbons (Fsp3) is 0.448. The predicted octanol–water partition coefficient (Wildman–Crippen LogP) is 4.57. The Morgan fingerprint density at radius 2 is 1.86 bits per heavy atom. The van der Waals surface area contributed by atoms with Gasteiger partial charge >= 0.3 is 0 Å². The fourth-order valence-corrected chi connectivity index (χ4v) is 7.26. The van der Waals surface area contributed by atoms with Crippen molar-refractivity contribution in [3.63, 3.8) is 0 Å². The number of nitrogens with zero attached hydrogens (tertiary/aromatic N) is 2. The van der Waals surface area contributed by atoms with E-state index in [2.05, 4.69) is 5.32 Å². The first-order valence-corrected chi connectivity index (χ1v) is 15.2. The maximum atomic E-state index is 15.9. The van der Waals surface area contributed by atoms with Crippen LogP contribution in [-0.2, 0) is 31.0 Å². The topological polar surface area (TPSA) is 96.0 Å². The van der Waals surface area contributed by atoms with Crippen LogP contribution in [0.25, 0.3) is 11.1 Å². The van der Waals surface area contributed by atoms with E-state index in [4.69, 9.17) is 16.3 Å². The van der Waals surface area contributed by atoms with E-state index >= 15 is 4.39 Å². The van der Waals surface area contributed by atoms with Crippen LogP contribution < -0.4 is 5.32 Å². The molecule has 0 radical (unpaired) electrons. The summed E-state index contributed by atoms with van der Waals surface area (Å²) in [6, 6.07) is 10.1. The van der Waals surface area contributed by atoms with E-state index in [9.17, 15) is 26.8 Å². The van der Waals surface area contributed by atoms with Crippen LogP contribution in [0, 0.1) is 0 Å². The zero-order chi connectivity index (χ0) is 30.9. The summed E-state index contributed by atoms with van der Waals surface area (Å²) in [5.41, 5.74) is -0.715. The van der Waals surface area contributed by atoms with Gasteiger partial charge in [-0.15, -0.1) is 0 Å². The molecule has 0 unspecified atom stereocenters. The molecule has 8 nitrogen and oxygen atoms in total. The van der Waals surface area contributed by atoms with Gasteiger partial charge in [0.25, 0.3) is 11.8 Å². The number of ether oxygens (including phenoxy) is 1. The second kappa shape index (κ2) is 12.4. The van der Waals surface area contributed by atoms with Crippen molar-refractivity contribution in [2.24, 2.45) is 0 Å². The zero-order valence-electron chi connectivity index (χ0n) is 23.4. The van der Waals surface area contributed by atoms with Gasteiger partial charge in [-0.1, -0.05) is 41.9 Å². The van der Waals surface area contributed by atoms with Gasteiger partial charge in [-0.05, 0) is 37.6 Å². The van der Waals surface area contributed by atoms with Gasteiger partial charge in [0, 0.05) is 60.8 Å². The number of carbonyl (C=O) groups excluding carboxylic acids is 2. The van der Waals surface area contributed by atoms with Crippen LogP contribution in [0.2, 0.25) is 5.02 Å². The molecule has 42 heavy (non-hydrogen) atoms. The first-order chi connectivity index (χ1) is 19.7. The Hall–Kier alpha value is -2.93. The first kappa shape index (κ1) is 32.0. The third kappa shape index (κ3) is 6.82. The maximum absolute atomic E-state index is 15.9. The molecular formula is C29H33ClF3N3O5S. The molecule has 0 bridgehead atoms. The number of piperidine rings is 1. The fourth-order valence-electron chi connectivity index (χ4n) is 5.20. The molecule has 13 heteroatoms. The zero-order valence-corrected chi connectivity index (χ0v) is 25.0. The average molecular weight is 628 g/mol. The lowest BCUT2D eigenvalue weighted by atomic mass is 9.89. The summed E-state index contributed by atoms with van der Waals surface area (Å²) < 4.78 is 76.2. The van der Waals surface area contributed by atoms with Crippen LogP contribution >= 0.6 is 11.6 Å². The summed E-state index contributed by atoms with van der Waals surface area (Å²) in [4.78, 5) is 25.8. The monoisotopic (exact) mass is 627 g/mol. The first-order valence-electron chi connectivity index (χ1n) is 13.4. The van der Waals surface area contributed by atoms with Crippen LogP contribution in [0.5, 0.6) is 0 Å². The van der Waals surface area contributed by atoms with Crippen molar-refractivity contribution in [3.05, 3.63) is 65.2 Å². The second-order valence-electron chi connectivity index (χ2n) is 10.8. The lowest BCUT2D eigenvalue weighted by Crippen LogP contribution is -2.58. The Morgan fingerprint density at radius 1 is 1.17 bits per heavy atom. The minimum Gasteiger partial charge on any atom is -0.380 e. The number of halogens is 4. The van der Waals surface area contributed by atoms with Crippen LogP contribution in [0.15, 0.2) is 59.5 Å². The van der Waals surface area contributed by atoms with Crippen molar-refractivity contribution < 1.29 is 35.9 Å². The summed E-state index contributed by atoms with van der Waals surface area (Å²) >= 11 is 6.43. The molecule has 1 N–H and O–H groups in total. The van der Waals surface area contributed by atoms with E-state index in [1.807, 2.05) is 0 Å². The van der Waals surface area contributed by atoms with Gasteiger partial charge in [0.05, 0.1) is 24.6 Å². The van der Waals surface area contributed by atoms with E-state index in [1.165, 1.54) is 37.4 Å². The highest BCUT2D eigenvalue weighted by atomic mass is 35.5. The Kier molecular flexibility index (Phi) is 9.41. The molecule has 2 aliphatic heterocycles. The molecule has 2 amide bonds. The second-order valence-corrected chi connectivity index (χ2v) is 13.1. The average Bonchev–Trinajstić information content (AvgIpc) is 2.90. The van der Waals surface area contributed by atoms with Gasteiger partial charge in [-0.2, -0.15) is 4.31 Å². The SMILES string of the molecule is COCc1ccc(S(=O)(=O)N2CC[C@@](F)(C(=O)N[C@H](C)/C=C/C(=O)N3CC(F)(F)C3)C[C@H]2C)c(-c2ccccc2Cl)c1. The van der Waals surface area contributed by atoms with Crippen molar-refractivity contribution in [2.45, 2.75) is 61.9 Å². The van der Waals surface area contributed by atoms with Gasteiger partial charge in [-0.25, -0.2) is 21.6 Å². The highest BCUT2D eigenvalue weighted by Crippen LogP contribution is 2.39. The van der Waals surface area contributed by atoms with E-state index in [0.717, 1.165) is 16.5 Å². The molecule has 3 atom stereocenters. The quantitative estimate of drug-likeness (QED) is 0.411. The van der Waals surface area contributed by atoms with Gasteiger partial charge in [0.2, 0.25) is 15.9 Å². The molecule has 228 valence electrons. The molecule has 0 aromatic heterocycles. The minimum absolute atomic E-state index is 0.00139. The molecule has 0 saturated carbocycles. The van der Waals surface area contributed by atoms with Crippen molar-refractivity contribution in [1.29, 1.82) is 0 Å².